The summed E-state index contributed by atoms with van der Waals surface area (Å²) in [5.74, 6) is 0. The van der Waals surface area contributed by atoms with Gasteiger partial charge in [0.2, 0.25) is 0 Å². The van der Waals surface area contributed by atoms with Gasteiger partial charge < -0.3 is 10.6 Å². The molecule has 0 aliphatic rings. The van der Waals surface area contributed by atoms with Crippen LogP contribution in [0.4, 0.5) is 5.69 Å². The zero-order valence-electron chi connectivity index (χ0n) is 15.0. The quantitative estimate of drug-likeness (QED) is 0.596. The molecular formula is C21H24N4S. The van der Waals surface area contributed by atoms with Crippen LogP contribution in [0.5, 0.6) is 0 Å². The zero-order valence-corrected chi connectivity index (χ0v) is 15.8. The Kier molecular flexibility index (Phi) is 6.39. The minimum atomic E-state index is 0.627. The van der Waals surface area contributed by atoms with Gasteiger partial charge in [-0.3, -0.25) is 0 Å². The maximum absolute atomic E-state index is 5.39. The highest BCUT2D eigenvalue weighted by Gasteiger charge is 2.01. The van der Waals surface area contributed by atoms with Gasteiger partial charge in [-0.05, 0) is 66.5 Å². The smallest absolute Gasteiger partial charge is 0.171 e. The number of aromatic nitrogens is 2. The molecule has 0 saturated heterocycles. The predicted molar refractivity (Wildman–Crippen MR) is 112 cm³/mol. The second-order valence-electron chi connectivity index (χ2n) is 6.23. The Morgan fingerprint density at radius 2 is 1.77 bits per heavy atom. The van der Waals surface area contributed by atoms with Crippen LogP contribution >= 0.6 is 12.2 Å². The lowest BCUT2D eigenvalue weighted by molar-refractivity contribution is 0.795. The summed E-state index contributed by atoms with van der Waals surface area (Å²) in [5.41, 5.74) is 4.59. The van der Waals surface area contributed by atoms with Crippen LogP contribution in [0.3, 0.4) is 0 Å². The molecule has 134 valence electrons. The molecule has 3 aromatic rings. The minimum absolute atomic E-state index is 0.627. The fraction of sp³-hybridized carbons (Fsp3) is 0.238. The van der Waals surface area contributed by atoms with Crippen LogP contribution in [0.1, 0.15) is 30.9 Å². The highest BCUT2D eigenvalue weighted by molar-refractivity contribution is 7.80. The first-order valence-electron chi connectivity index (χ1n) is 8.97. The summed E-state index contributed by atoms with van der Waals surface area (Å²) >= 11 is 5.39. The number of nitrogens with zero attached hydrogens (tertiary/aromatic N) is 2. The van der Waals surface area contributed by atoms with Crippen LogP contribution < -0.4 is 10.6 Å². The predicted octanol–water partition coefficient (Wildman–Crippen LogP) is 4.70. The Labute approximate surface area is 160 Å². The molecule has 1 aromatic heterocycles. The molecular weight excluding hydrogens is 340 g/mol. The Morgan fingerprint density at radius 1 is 1.04 bits per heavy atom. The van der Waals surface area contributed by atoms with Crippen molar-refractivity contribution < 1.29 is 0 Å². The first-order valence-corrected chi connectivity index (χ1v) is 9.38. The standard InChI is InChI=1S/C21H24N4S/c1-2-3-5-17-6-10-19(11-7-17)24-21(26)22-16-18-8-12-20(13-9-18)25-15-4-14-23-25/h4,6-15H,2-3,5,16H2,1H3,(H2,22,24,26). The number of rotatable bonds is 7. The first-order chi connectivity index (χ1) is 12.7. The summed E-state index contributed by atoms with van der Waals surface area (Å²) in [5, 5.41) is 11.3. The molecule has 0 fully saturated rings. The number of benzene rings is 2. The van der Waals surface area contributed by atoms with Crippen molar-refractivity contribution in [3.8, 4) is 5.69 Å². The molecule has 0 bridgehead atoms. The Morgan fingerprint density at radius 3 is 2.42 bits per heavy atom. The van der Waals surface area contributed by atoms with Crippen LogP contribution in [0.15, 0.2) is 67.0 Å². The Balaban J connectivity index is 1.48. The number of unbranched alkanes of at least 4 members (excludes halogenated alkanes) is 1. The molecule has 2 N–H and O–H groups in total. The fourth-order valence-corrected chi connectivity index (χ4v) is 2.87. The topological polar surface area (TPSA) is 41.9 Å². The van der Waals surface area contributed by atoms with Gasteiger partial charge in [0.05, 0.1) is 5.69 Å². The van der Waals surface area contributed by atoms with Gasteiger partial charge >= 0.3 is 0 Å². The molecule has 1 heterocycles. The van der Waals surface area contributed by atoms with E-state index < -0.39 is 0 Å². The zero-order chi connectivity index (χ0) is 18.2. The molecule has 0 unspecified atom stereocenters. The van der Waals surface area contributed by atoms with Crippen LogP contribution in [0.2, 0.25) is 0 Å². The van der Waals surface area contributed by atoms with E-state index in [4.69, 9.17) is 12.2 Å². The van der Waals surface area contributed by atoms with Crippen molar-refractivity contribution in [1.29, 1.82) is 0 Å². The second kappa shape index (κ2) is 9.15. The maximum atomic E-state index is 5.39. The molecule has 0 atom stereocenters. The van der Waals surface area contributed by atoms with Crippen molar-refractivity contribution >= 4 is 23.0 Å². The maximum Gasteiger partial charge on any atom is 0.171 e. The molecule has 0 aliphatic carbocycles. The molecule has 3 rings (SSSR count). The largest absolute Gasteiger partial charge is 0.358 e. The summed E-state index contributed by atoms with van der Waals surface area (Å²) in [6.45, 7) is 2.89. The van der Waals surface area contributed by atoms with E-state index in [2.05, 4.69) is 71.2 Å². The van der Waals surface area contributed by atoms with Crippen molar-refractivity contribution in [3.63, 3.8) is 0 Å². The number of nitrogens with one attached hydrogen (secondary N) is 2. The summed E-state index contributed by atoms with van der Waals surface area (Å²) in [7, 11) is 0. The van der Waals surface area contributed by atoms with Gasteiger partial charge in [0.25, 0.3) is 0 Å². The van der Waals surface area contributed by atoms with E-state index in [-0.39, 0.29) is 0 Å². The number of anilines is 1. The van der Waals surface area contributed by atoms with Crippen molar-refractivity contribution in [2.24, 2.45) is 0 Å². The lowest BCUT2D eigenvalue weighted by Gasteiger charge is -2.11. The van der Waals surface area contributed by atoms with E-state index in [1.165, 1.54) is 24.0 Å². The van der Waals surface area contributed by atoms with Gasteiger partial charge in [-0.2, -0.15) is 5.10 Å². The summed E-state index contributed by atoms with van der Waals surface area (Å²) in [4.78, 5) is 0. The van der Waals surface area contributed by atoms with Crippen molar-refractivity contribution in [2.45, 2.75) is 32.7 Å². The van der Waals surface area contributed by atoms with Crippen LogP contribution in [0, 0.1) is 0 Å². The van der Waals surface area contributed by atoms with Crippen LogP contribution in [0.25, 0.3) is 5.69 Å². The van der Waals surface area contributed by atoms with E-state index in [1.54, 1.807) is 6.20 Å². The normalized spacial score (nSPS) is 10.5. The van der Waals surface area contributed by atoms with Crippen molar-refractivity contribution in [1.82, 2.24) is 15.1 Å². The second-order valence-corrected chi connectivity index (χ2v) is 6.63. The Bertz CT molecular complexity index is 808. The summed E-state index contributed by atoms with van der Waals surface area (Å²) in [6, 6.07) is 18.7. The van der Waals surface area contributed by atoms with Crippen LogP contribution in [-0.2, 0) is 13.0 Å². The van der Waals surface area contributed by atoms with E-state index >= 15 is 0 Å². The molecule has 0 aliphatic heterocycles. The molecule has 5 heteroatoms. The van der Waals surface area contributed by atoms with E-state index in [1.807, 2.05) is 16.9 Å². The van der Waals surface area contributed by atoms with Gasteiger partial charge in [0.15, 0.2) is 5.11 Å². The van der Waals surface area contributed by atoms with Crippen molar-refractivity contribution in [3.05, 3.63) is 78.1 Å². The Hall–Kier alpha value is -2.66. The third-order valence-electron chi connectivity index (χ3n) is 4.19. The highest BCUT2D eigenvalue weighted by atomic mass is 32.1. The lowest BCUT2D eigenvalue weighted by Crippen LogP contribution is -2.27. The first kappa shape index (κ1) is 18.1. The highest BCUT2D eigenvalue weighted by Crippen LogP contribution is 2.12. The number of thiocarbonyl (C=S) groups is 1. The monoisotopic (exact) mass is 364 g/mol. The molecule has 26 heavy (non-hydrogen) atoms. The van der Waals surface area contributed by atoms with E-state index in [0.717, 1.165) is 17.8 Å². The molecule has 0 amide bonds. The summed E-state index contributed by atoms with van der Waals surface area (Å²) in [6.07, 6.45) is 7.28. The third-order valence-corrected chi connectivity index (χ3v) is 4.44. The van der Waals surface area contributed by atoms with Gasteiger partial charge in [0, 0.05) is 24.6 Å². The number of aryl methyl sites for hydroxylation is 1. The molecule has 0 spiro atoms. The fourth-order valence-electron chi connectivity index (χ4n) is 2.68. The number of hydrogen-bond donors (Lipinski definition) is 2. The average Bonchev–Trinajstić information content (AvgIpc) is 3.21. The molecule has 0 radical (unpaired) electrons. The van der Waals surface area contributed by atoms with Gasteiger partial charge in [0.1, 0.15) is 0 Å². The van der Waals surface area contributed by atoms with Gasteiger partial charge in [-0.15, -0.1) is 0 Å². The minimum Gasteiger partial charge on any atom is -0.358 e. The molecule has 4 nitrogen and oxygen atoms in total. The molecule has 0 saturated carbocycles. The van der Waals surface area contributed by atoms with E-state index in [0.29, 0.717) is 11.7 Å². The van der Waals surface area contributed by atoms with Gasteiger partial charge in [-0.25, -0.2) is 4.68 Å². The van der Waals surface area contributed by atoms with E-state index in [9.17, 15) is 0 Å². The van der Waals surface area contributed by atoms with Gasteiger partial charge in [-0.1, -0.05) is 37.6 Å². The SMILES string of the molecule is CCCCc1ccc(NC(=S)NCc2ccc(-n3cccn3)cc2)cc1. The average molecular weight is 365 g/mol. The summed E-state index contributed by atoms with van der Waals surface area (Å²) < 4.78 is 1.84. The van der Waals surface area contributed by atoms with Crippen LogP contribution in [-0.4, -0.2) is 14.9 Å². The number of hydrogen-bond acceptors (Lipinski definition) is 2. The lowest BCUT2D eigenvalue weighted by atomic mass is 10.1. The third kappa shape index (κ3) is 5.17. The van der Waals surface area contributed by atoms with Crippen molar-refractivity contribution in [2.75, 3.05) is 5.32 Å². The molecule has 2 aromatic carbocycles.